The molecule has 1 fully saturated rings. The first-order chi connectivity index (χ1) is 8.65. The highest BCUT2D eigenvalue weighted by Crippen LogP contribution is 2.22. The summed E-state index contributed by atoms with van der Waals surface area (Å²) in [6, 6.07) is 0. The molecule has 5 nitrogen and oxygen atoms in total. The minimum absolute atomic E-state index is 0.0195. The topological polar surface area (TPSA) is 66.1 Å². The molecule has 0 bridgehead atoms. The van der Waals surface area contributed by atoms with E-state index in [0.717, 1.165) is 36.9 Å². The third kappa shape index (κ3) is 1.94. The Balaban J connectivity index is 2.01. The number of aromatic amines is 1. The van der Waals surface area contributed by atoms with Gasteiger partial charge in [-0.25, -0.2) is 4.98 Å². The van der Waals surface area contributed by atoms with Crippen molar-refractivity contribution in [2.75, 3.05) is 11.4 Å². The number of fused-ring (bicyclic) bond motifs is 1. The number of anilines is 1. The summed E-state index contributed by atoms with van der Waals surface area (Å²) in [6.45, 7) is 0.518. The molecule has 1 N–H and O–H groups in total. The summed E-state index contributed by atoms with van der Waals surface area (Å²) in [4.78, 5) is 32.5. The Hall–Kier alpha value is -1.30. The van der Waals surface area contributed by atoms with Gasteiger partial charge in [0.1, 0.15) is 0 Å². The molecule has 0 saturated carbocycles. The number of aryl methyl sites for hydroxylation is 1. The van der Waals surface area contributed by atoms with Crippen LogP contribution in [0.4, 0.5) is 5.95 Å². The summed E-state index contributed by atoms with van der Waals surface area (Å²) in [5.41, 5.74) is 1.56. The fourth-order valence-corrected chi connectivity index (χ4v) is 2.93. The zero-order valence-electron chi connectivity index (χ0n) is 9.98. The molecule has 3 rings (SSSR count). The summed E-state index contributed by atoms with van der Waals surface area (Å²) in [5, 5.41) is 0.0267. The first kappa shape index (κ1) is 11.8. The Labute approximate surface area is 110 Å². The number of carbonyl (C=O) groups excluding carboxylic acids is 1. The minimum Gasteiger partial charge on any atom is -0.292 e. The van der Waals surface area contributed by atoms with Gasteiger partial charge in [-0.05, 0) is 25.7 Å². The predicted octanol–water partition coefficient (Wildman–Crippen LogP) is 0.684. The zero-order valence-corrected chi connectivity index (χ0v) is 10.9. The normalized spacial score (nSPS) is 23.3. The first-order valence-corrected chi connectivity index (χ1v) is 6.77. The van der Waals surface area contributed by atoms with Crippen molar-refractivity contribution in [2.45, 2.75) is 37.4 Å². The van der Waals surface area contributed by atoms with Crippen molar-refractivity contribution in [1.82, 2.24) is 9.97 Å². The first-order valence-electron chi connectivity index (χ1n) is 6.25. The van der Waals surface area contributed by atoms with Gasteiger partial charge in [0.15, 0.2) is 0 Å². The van der Waals surface area contributed by atoms with Crippen LogP contribution in [0.1, 0.15) is 30.5 Å². The highest BCUT2D eigenvalue weighted by Gasteiger charge is 2.30. The highest BCUT2D eigenvalue weighted by atomic mass is 32.1. The van der Waals surface area contributed by atoms with Crippen LogP contribution in [0.2, 0.25) is 0 Å². The van der Waals surface area contributed by atoms with Gasteiger partial charge < -0.3 is 0 Å². The molecule has 96 valence electrons. The number of H-pyrrole nitrogens is 1. The molecule has 1 unspecified atom stereocenters. The standard InChI is InChI=1S/C12H15N3O2S/c16-10-5-7(18)6-15(10)12-13-9-4-2-1-3-8(9)11(17)14-12/h7,18H,1-6H2,(H,13,14,17). The van der Waals surface area contributed by atoms with Crippen molar-refractivity contribution in [3.8, 4) is 0 Å². The van der Waals surface area contributed by atoms with Crippen LogP contribution in [0.5, 0.6) is 0 Å². The lowest BCUT2D eigenvalue weighted by atomic mass is 9.97. The number of nitrogens with one attached hydrogen (secondary N) is 1. The number of thiol groups is 1. The monoisotopic (exact) mass is 265 g/mol. The number of hydrogen-bond acceptors (Lipinski definition) is 4. The molecular formula is C12H15N3O2S. The van der Waals surface area contributed by atoms with Gasteiger partial charge >= 0.3 is 0 Å². The van der Waals surface area contributed by atoms with Crippen molar-refractivity contribution in [3.63, 3.8) is 0 Å². The average molecular weight is 265 g/mol. The minimum atomic E-state index is -0.0925. The second-order valence-electron chi connectivity index (χ2n) is 4.88. The van der Waals surface area contributed by atoms with E-state index in [1.807, 2.05) is 0 Å². The molecule has 0 radical (unpaired) electrons. The maximum atomic E-state index is 12.0. The van der Waals surface area contributed by atoms with Crippen molar-refractivity contribution in [2.24, 2.45) is 0 Å². The molecule has 2 heterocycles. The summed E-state index contributed by atoms with van der Waals surface area (Å²) < 4.78 is 0. The van der Waals surface area contributed by atoms with Gasteiger partial charge in [-0.1, -0.05) is 0 Å². The number of carbonyl (C=O) groups is 1. The molecule has 0 aromatic carbocycles. The van der Waals surface area contributed by atoms with Crippen molar-refractivity contribution in [3.05, 3.63) is 21.6 Å². The smallest absolute Gasteiger partial charge is 0.255 e. The van der Waals surface area contributed by atoms with Crippen LogP contribution in [-0.2, 0) is 17.6 Å². The SMILES string of the molecule is O=C1CC(S)CN1c1nc2c(c(=O)[nH]1)CCCC2. The van der Waals surface area contributed by atoms with Gasteiger partial charge in [-0.15, -0.1) is 0 Å². The van der Waals surface area contributed by atoms with Crippen LogP contribution in [0.15, 0.2) is 4.79 Å². The van der Waals surface area contributed by atoms with E-state index < -0.39 is 0 Å². The number of nitrogens with zero attached hydrogens (tertiary/aromatic N) is 2. The molecule has 1 saturated heterocycles. The average Bonchev–Trinajstić information content (AvgIpc) is 2.68. The van der Waals surface area contributed by atoms with E-state index in [9.17, 15) is 9.59 Å². The third-order valence-electron chi connectivity index (χ3n) is 3.54. The summed E-state index contributed by atoms with van der Waals surface area (Å²) in [6.07, 6.45) is 4.13. The lowest BCUT2D eigenvalue weighted by Crippen LogP contribution is -2.31. The van der Waals surface area contributed by atoms with Crippen LogP contribution in [0.25, 0.3) is 0 Å². The summed E-state index contributed by atoms with van der Waals surface area (Å²) >= 11 is 4.30. The molecule has 2 aliphatic rings. The van der Waals surface area contributed by atoms with E-state index in [1.165, 1.54) is 4.90 Å². The van der Waals surface area contributed by atoms with E-state index in [1.54, 1.807) is 0 Å². The summed E-state index contributed by atoms with van der Waals surface area (Å²) in [5.74, 6) is 0.371. The maximum absolute atomic E-state index is 12.0. The number of amides is 1. The van der Waals surface area contributed by atoms with Gasteiger partial charge in [0.2, 0.25) is 11.9 Å². The second-order valence-corrected chi connectivity index (χ2v) is 5.61. The van der Waals surface area contributed by atoms with Gasteiger partial charge in [-0.2, -0.15) is 12.6 Å². The Bertz CT molecular complexity index is 555. The van der Waals surface area contributed by atoms with Crippen LogP contribution in [-0.4, -0.2) is 27.7 Å². The van der Waals surface area contributed by atoms with Crippen molar-refractivity contribution < 1.29 is 4.79 Å². The van der Waals surface area contributed by atoms with Gasteiger partial charge in [-0.3, -0.25) is 19.5 Å². The zero-order chi connectivity index (χ0) is 12.7. The van der Waals surface area contributed by atoms with E-state index in [0.29, 0.717) is 18.9 Å². The molecule has 0 spiro atoms. The fraction of sp³-hybridized carbons (Fsp3) is 0.583. The molecule has 18 heavy (non-hydrogen) atoms. The number of aromatic nitrogens is 2. The third-order valence-corrected chi connectivity index (χ3v) is 3.89. The lowest BCUT2D eigenvalue weighted by molar-refractivity contribution is -0.117. The van der Waals surface area contributed by atoms with E-state index >= 15 is 0 Å². The molecule has 1 atom stereocenters. The molecular weight excluding hydrogens is 250 g/mol. The molecule has 1 aromatic rings. The maximum Gasteiger partial charge on any atom is 0.255 e. The molecule has 6 heteroatoms. The Kier molecular flexibility index (Phi) is 2.89. The van der Waals surface area contributed by atoms with Crippen LogP contribution >= 0.6 is 12.6 Å². The van der Waals surface area contributed by atoms with E-state index in [-0.39, 0.29) is 16.7 Å². The predicted molar refractivity (Wildman–Crippen MR) is 71.2 cm³/mol. The molecule has 1 aliphatic heterocycles. The van der Waals surface area contributed by atoms with E-state index in [4.69, 9.17) is 0 Å². The van der Waals surface area contributed by atoms with Gasteiger partial charge in [0.05, 0.1) is 5.69 Å². The molecule has 1 amide bonds. The second kappa shape index (κ2) is 4.42. The molecule has 1 aromatic heterocycles. The fourth-order valence-electron chi connectivity index (χ4n) is 2.61. The highest BCUT2D eigenvalue weighted by molar-refractivity contribution is 7.81. The Morgan fingerprint density at radius 3 is 2.78 bits per heavy atom. The summed E-state index contributed by atoms with van der Waals surface area (Å²) in [7, 11) is 0. The number of rotatable bonds is 1. The van der Waals surface area contributed by atoms with E-state index in [2.05, 4.69) is 22.6 Å². The molecule has 1 aliphatic carbocycles. The quantitative estimate of drug-likeness (QED) is 0.734. The Morgan fingerprint density at radius 2 is 2.06 bits per heavy atom. The van der Waals surface area contributed by atoms with Crippen LogP contribution in [0, 0.1) is 0 Å². The van der Waals surface area contributed by atoms with Crippen LogP contribution < -0.4 is 10.5 Å². The van der Waals surface area contributed by atoms with Gasteiger partial charge in [0.25, 0.3) is 5.56 Å². The lowest BCUT2D eigenvalue weighted by Gasteiger charge is -2.19. The van der Waals surface area contributed by atoms with Crippen LogP contribution in [0.3, 0.4) is 0 Å². The number of hydrogen-bond donors (Lipinski definition) is 2. The Morgan fingerprint density at radius 1 is 1.28 bits per heavy atom. The van der Waals surface area contributed by atoms with Crippen molar-refractivity contribution in [1.29, 1.82) is 0 Å². The largest absolute Gasteiger partial charge is 0.292 e. The van der Waals surface area contributed by atoms with Gasteiger partial charge in [0, 0.05) is 23.8 Å². The van der Waals surface area contributed by atoms with Crippen molar-refractivity contribution >= 4 is 24.5 Å².